The molecule has 0 saturated carbocycles. The van der Waals surface area contributed by atoms with E-state index in [4.69, 9.17) is 10.5 Å². The summed E-state index contributed by atoms with van der Waals surface area (Å²) in [5.41, 5.74) is 1.48. The molecule has 1 heterocycles. The van der Waals surface area contributed by atoms with Gasteiger partial charge < -0.3 is 10.5 Å². The van der Waals surface area contributed by atoms with Crippen molar-refractivity contribution in [3.05, 3.63) is 33.1 Å². The van der Waals surface area contributed by atoms with E-state index < -0.39 is 22.9 Å². The summed E-state index contributed by atoms with van der Waals surface area (Å²) in [6.07, 6.45) is 0. The zero-order valence-corrected chi connectivity index (χ0v) is 14.0. The molecule has 21 heavy (non-hydrogen) atoms. The summed E-state index contributed by atoms with van der Waals surface area (Å²) in [4.78, 5) is 3.90. The predicted molar refractivity (Wildman–Crippen MR) is 83.1 cm³/mol. The molecule has 7 heteroatoms. The van der Waals surface area contributed by atoms with Crippen molar-refractivity contribution < 1.29 is 17.9 Å². The zero-order chi connectivity index (χ0) is 16.1. The van der Waals surface area contributed by atoms with Crippen LogP contribution in [0.25, 0.3) is 0 Å². The van der Waals surface area contributed by atoms with Crippen molar-refractivity contribution in [1.29, 1.82) is 0 Å². The van der Waals surface area contributed by atoms with Gasteiger partial charge in [-0.15, -0.1) is 0 Å². The smallest absolute Gasteiger partial charge is 0.304 e. The van der Waals surface area contributed by atoms with Crippen LogP contribution in [-0.2, 0) is 10.3 Å². The molecule has 3 nitrogen and oxygen atoms in total. The van der Waals surface area contributed by atoms with E-state index in [9.17, 15) is 4.39 Å². The molecule has 116 valence electrons. The van der Waals surface area contributed by atoms with Gasteiger partial charge in [0.1, 0.15) is 23.9 Å². The average molecular weight is 412 g/mol. The van der Waals surface area contributed by atoms with Crippen molar-refractivity contribution in [1.82, 2.24) is 0 Å². The van der Waals surface area contributed by atoms with Crippen LogP contribution in [0, 0.1) is 9.39 Å². The van der Waals surface area contributed by atoms with E-state index in [0.717, 1.165) is 6.07 Å². The molecule has 0 aliphatic carbocycles. The fourth-order valence-electron chi connectivity index (χ4n) is 2.42. The highest BCUT2D eigenvalue weighted by Gasteiger charge is 2.63. The van der Waals surface area contributed by atoms with Gasteiger partial charge in [0.05, 0.1) is 0 Å². The molecule has 2 N–H and O–H groups in total. The number of nitrogens with zero attached hydrogens (tertiary/aromatic N) is 1. The minimum absolute atomic E-state index is 0.0824. The number of ether oxygens (including phenoxy) is 1. The van der Waals surface area contributed by atoms with E-state index in [1.807, 2.05) is 22.6 Å². The highest BCUT2D eigenvalue weighted by molar-refractivity contribution is 14.1. The Morgan fingerprint density at radius 1 is 1.29 bits per heavy atom. The van der Waals surface area contributed by atoms with Crippen molar-refractivity contribution in [3.63, 3.8) is 0 Å². The van der Waals surface area contributed by atoms with E-state index in [-0.39, 0.29) is 18.0 Å². The molecule has 1 aliphatic heterocycles. The highest BCUT2D eigenvalue weighted by Crippen LogP contribution is 2.50. The van der Waals surface area contributed by atoms with Crippen LogP contribution in [0.5, 0.6) is 0 Å². The molecule has 1 aromatic carbocycles. The van der Waals surface area contributed by atoms with Crippen LogP contribution in [0.3, 0.4) is 0 Å². The third kappa shape index (κ3) is 2.54. The van der Waals surface area contributed by atoms with Crippen LogP contribution >= 0.6 is 22.6 Å². The maximum atomic E-state index is 15.0. The van der Waals surface area contributed by atoms with Crippen molar-refractivity contribution in [2.24, 2.45) is 10.7 Å². The molecule has 0 spiro atoms. The lowest BCUT2D eigenvalue weighted by molar-refractivity contribution is -0.214. The summed E-state index contributed by atoms with van der Waals surface area (Å²) in [6.45, 7) is 3.48. The first-order chi connectivity index (χ1) is 9.51. The molecular weight excluding hydrogens is 396 g/mol. The summed E-state index contributed by atoms with van der Waals surface area (Å²) in [5, 5.41) is 0. The summed E-state index contributed by atoms with van der Waals surface area (Å²) in [7, 11) is 0. The lowest BCUT2D eigenvalue weighted by atomic mass is 9.78. The molecule has 0 bridgehead atoms. The Hall–Kier alpha value is -0.830. The van der Waals surface area contributed by atoms with Crippen molar-refractivity contribution in [2.45, 2.75) is 37.8 Å². The van der Waals surface area contributed by atoms with E-state index in [2.05, 4.69) is 4.99 Å². The molecule has 1 aromatic rings. The molecule has 0 radical (unpaired) electrons. The van der Waals surface area contributed by atoms with Crippen LogP contribution in [0.2, 0.25) is 0 Å². The summed E-state index contributed by atoms with van der Waals surface area (Å²) in [6, 6.07) is 4.02. The standard InChI is InChI=1S/C14H16F3IN2O/c1-12(2)14(16,17)13(3,20-11(19)7-21-12)9-6-8(18)4-5-10(9)15/h4-6H,7H2,1-3H3,(H2,19,20). The summed E-state index contributed by atoms with van der Waals surface area (Å²) in [5.74, 6) is -4.28. The third-order valence-corrected chi connectivity index (χ3v) is 4.44. The van der Waals surface area contributed by atoms with Gasteiger partial charge >= 0.3 is 5.92 Å². The maximum absolute atomic E-state index is 15.0. The monoisotopic (exact) mass is 412 g/mol. The molecule has 0 saturated heterocycles. The van der Waals surface area contributed by atoms with Gasteiger partial charge in [-0.25, -0.2) is 13.2 Å². The van der Waals surface area contributed by atoms with E-state index in [1.165, 1.54) is 32.9 Å². The minimum Gasteiger partial charge on any atom is -0.385 e. The van der Waals surface area contributed by atoms with Crippen molar-refractivity contribution in [3.8, 4) is 0 Å². The Kier molecular flexibility index (Phi) is 4.03. The molecular formula is C14H16F3IN2O. The number of alkyl halides is 2. The van der Waals surface area contributed by atoms with Crippen molar-refractivity contribution in [2.75, 3.05) is 6.61 Å². The van der Waals surface area contributed by atoms with Gasteiger partial charge in [0, 0.05) is 9.13 Å². The Morgan fingerprint density at radius 2 is 1.90 bits per heavy atom. The minimum atomic E-state index is -3.45. The van der Waals surface area contributed by atoms with Gasteiger partial charge in [0.25, 0.3) is 0 Å². The third-order valence-electron chi connectivity index (χ3n) is 3.77. The van der Waals surface area contributed by atoms with E-state index in [1.54, 1.807) is 0 Å². The summed E-state index contributed by atoms with van der Waals surface area (Å²) < 4.78 is 50.0. The topological polar surface area (TPSA) is 47.6 Å². The van der Waals surface area contributed by atoms with E-state index >= 15 is 8.78 Å². The first-order valence-corrected chi connectivity index (χ1v) is 7.40. The Balaban J connectivity index is 2.75. The number of benzene rings is 1. The van der Waals surface area contributed by atoms with Gasteiger partial charge in [-0.3, -0.25) is 4.99 Å². The van der Waals surface area contributed by atoms with Gasteiger partial charge in [-0.1, -0.05) is 0 Å². The highest BCUT2D eigenvalue weighted by atomic mass is 127. The fraction of sp³-hybridized carbons (Fsp3) is 0.500. The average Bonchev–Trinajstić information content (AvgIpc) is 2.43. The molecule has 0 aromatic heterocycles. The lowest BCUT2D eigenvalue weighted by Crippen LogP contribution is -2.56. The van der Waals surface area contributed by atoms with E-state index in [0.29, 0.717) is 3.57 Å². The zero-order valence-electron chi connectivity index (χ0n) is 11.9. The van der Waals surface area contributed by atoms with Crippen LogP contribution in [0.1, 0.15) is 26.3 Å². The largest absolute Gasteiger partial charge is 0.385 e. The van der Waals surface area contributed by atoms with Gasteiger partial charge in [-0.2, -0.15) is 0 Å². The number of nitrogens with two attached hydrogens (primary N) is 1. The lowest BCUT2D eigenvalue weighted by Gasteiger charge is -2.41. The molecule has 0 amide bonds. The van der Waals surface area contributed by atoms with Crippen LogP contribution in [0.15, 0.2) is 23.2 Å². The normalized spacial score (nSPS) is 27.9. The molecule has 1 aliphatic rings. The number of halogens is 4. The van der Waals surface area contributed by atoms with Gasteiger partial charge in [0.15, 0.2) is 5.54 Å². The molecule has 0 fully saturated rings. The number of aliphatic imine (C=N–C) groups is 1. The van der Waals surface area contributed by atoms with Gasteiger partial charge in [0.2, 0.25) is 0 Å². The fourth-order valence-corrected chi connectivity index (χ4v) is 2.91. The number of hydrogen-bond acceptors (Lipinski definition) is 3. The molecule has 1 atom stereocenters. The Bertz CT molecular complexity index is 604. The second-order valence-corrected chi connectivity index (χ2v) is 6.92. The van der Waals surface area contributed by atoms with Crippen LogP contribution in [-0.4, -0.2) is 24.0 Å². The summed E-state index contributed by atoms with van der Waals surface area (Å²) >= 11 is 1.94. The second kappa shape index (κ2) is 5.12. The Morgan fingerprint density at radius 3 is 2.52 bits per heavy atom. The molecule has 1 unspecified atom stereocenters. The van der Waals surface area contributed by atoms with Gasteiger partial charge in [-0.05, 0) is 61.6 Å². The Labute approximate surface area is 134 Å². The quantitative estimate of drug-likeness (QED) is 0.719. The number of amidine groups is 1. The first kappa shape index (κ1) is 16.5. The second-order valence-electron chi connectivity index (χ2n) is 5.67. The maximum Gasteiger partial charge on any atom is 0.304 e. The number of hydrogen-bond donors (Lipinski definition) is 1. The van der Waals surface area contributed by atoms with Crippen molar-refractivity contribution >= 4 is 28.4 Å². The van der Waals surface area contributed by atoms with Crippen LogP contribution in [0.4, 0.5) is 13.2 Å². The first-order valence-electron chi connectivity index (χ1n) is 6.33. The SMILES string of the molecule is CC1(C)OCC(N)=NC(C)(c2cc(I)ccc2F)C1(F)F. The molecule has 2 rings (SSSR count). The predicted octanol–water partition coefficient (Wildman–Crippen LogP) is 3.45. The van der Waals surface area contributed by atoms with Crippen LogP contribution < -0.4 is 5.73 Å². The number of rotatable bonds is 1.